The Labute approximate surface area is 153 Å². The van der Waals surface area contributed by atoms with Gasteiger partial charge in [0.15, 0.2) is 0 Å². The standard InChI is InChI=1S/C23H24N2O/c1-2-25-21-11-7-6-10-19(21)20-14-17(12-13-22(20)25)15-24-16-23(26)18-8-4-3-5-9-18/h3-14,23-24,26H,2,15-16H2,1H3/t23-/m1/s1. The number of fused-ring (bicyclic) bond motifs is 3. The van der Waals surface area contributed by atoms with Crippen molar-refractivity contribution in [3.05, 3.63) is 83.9 Å². The van der Waals surface area contributed by atoms with E-state index < -0.39 is 6.10 Å². The van der Waals surface area contributed by atoms with Crippen molar-refractivity contribution in [2.75, 3.05) is 6.54 Å². The fraction of sp³-hybridized carbons (Fsp3) is 0.217. The van der Waals surface area contributed by atoms with Crippen LogP contribution in [0.3, 0.4) is 0 Å². The van der Waals surface area contributed by atoms with Crippen LogP contribution in [0.15, 0.2) is 72.8 Å². The van der Waals surface area contributed by atoms with E-state index in [1.54, 1.807) is 0 Å². The number of hydrogen-bond donors (Lipinski definition) is 2. The van der Waals surface area contributed by atoms with Crippen LogP contribution in [-0.4, -0.2) is 16.2 Å². The van der Waals surface area contributed by atoms with Crippen molar-refractivity contribution in [1.82, 2.24) is 9.88 Å². The van der Waals surface area contributed by atoms with Crippen LogP contribution in [0, 0.1) is 0 Å². The van der Waals surface area contributed by atoms with Crippen LogP contribution >= 0.6 is 0 Å². The van der Waals surface area contributed by atoms with Gasteiger partial charge in [-0.2, -0.15) is 0 Å². The van der Waals surface area contributed by atoms with Gasteiger partial charge in [-0.1, -0.05) is 54.6 Å². The summed E-state index contributed by atoms with van der Waals surface area (Å²) in [6.45, 7) is 4.43. The number of nitrogens with one attached hydrogen (secondary N) is 1. The highest BCUT2D eigenvalue weighted by atomic mass is 16.3. The summed E-state index contributed by atoms with van der Waals surface area (Å²) >= 11 is 0. The van der Waals surface area contributed by atoms with Gasteiger partial charge in [-0.25, -0.2) is 0 Å². The second-order valence-corrected chi connectivity index (χ2v) is 6.67. The lowest BCUT2D eigenvalue weighted by molar-refractivity contribution is 0.174. The van der Waals surface area contributed by atoms with E-state index >= 15 is 0 Å². The van der Waals surface area contributed by atoms with Crippen molar-refractivity contribution in [3.8, 4) is 0 Å². The molecular weight excluding hydrogens is 320 g/mol. The molecule has 1 atom stereocenters. The number of benzene rings is 3. The summed E-state index contributed by atoms with van der Waals surface area (Å²) in [5.41, 5.74) is 4.75. The predicted molar refractivity (Wildman–Crippen MR) is 108 cm³/mol. The van der Waals surface area contributed by atoms with Crippen LogP contribution in [0.25, 0.3) is 21.8 Å². The lowest BCUT2D eigenvalue weighted by atomic mass is 10.1. The quantitative estimate of drug-likeness (QED) is 0.535. The molecule has 0 radical (unpaired) electrons. The largest absolute Gasteiger partial charge is 0.387 e. The Morgan fingerprint density at radius 1 is 0.885 bits per heavy atom. The Morgan fingerprint density at radius 2 is 1.62 bits per heavy atom. The van der Waals surface area contributed by atoms with Crippen molar-refractivity contribution >= 4 is 21.8 Å². The zero-order valence-electron chi connectivity index (χ0n) is 15.0. The third-order valence-electron chi connectivity index (χ3n) is 5.00. The Balaban J connectivity index is 1.53. The summed E-state index contributed by atoms with van der Waals surface area (Å²) in [5, 5.41) is 16.3. The van der Waals surface area contributed by atoms with Crippen LogP contribution in [0.2, 0.25) is 0 Å². The second kappa shape index (κ2) is 7.32. The molecule has 0 aliphatic heterocycles. The first kappa shape index (κ1) is 16.8. The van der Waals surface area contributed by atoms with Crippen molar-refractivity contribution in [2.45, 2.75) is 26.1 Å². The predicted octanol–water partition coefficient (Wildman–Crippen LogP) is 4.64. The molecule has 4 rings (SSSR count). The van der Waals surface area contributed by atoms with Gasteiger partial charge in [0.1, 0.15) is 0 Å². The number of rotatable bonds is 6. The first-order valence-electron chi connectivity index (χ1n) is 9.21. The van der Waals surface area contributed by atoms with Crippen molar-refractivity contribution < 1.29 is 5.11 Å². The molecule has 26 heavy (non-hydrogen) atoms. The van der Waals surface area contributed by atoms with Gasteiger partial charge in [-0.3, -0.25) is 0 Å². The number of aliphatic hydroxyl groups excluding tert-OH is 1. The molecule has 1 aromatic heterocycles. The Morgan fingerprint density at radius 3 is 2.42 bits per heavy atom. The van der Waals surface area contributed by atoms with Crippen molar-refractivity contribution in [3.63, 3.8) is 0 Å². The number of aliphatic hydroxyl groups is 1. The number of hydrogen-bond acceptors (Lipinski definition) is 2. The number of para-hydroxylation sites is 1. The molecule has 2 N–H and O–H groups in total. The minimum Gasteiger partial charge on any atom is -0.387 e. The molecule has 3 aromatic carbocycles. The zero-order chi connectivity index (χ0) is 17.9. The van der Waals surface area contributed by atoms with Crippen LogP contribution in [-0.2, 0) is 13.1 Å². The smallest absolute Gasteiger partial charge is 0.0914 e. The van der Waals surface area contributed by atoms with Crippen molar-refractivity contribution in [2.24, 2.45) is 0 Å². The van der Waals surface area contributed by atoms with E-state index in [-0.39, 0.29) is 0 Å². The highest BCUT2D eigenvalue weighted by Gasteiger charge is 2.10. The monoisotopic (exact) mass is 344 g/mol. The average Bonchev–Trinajstić information content (AvgIpc) is 3.01. The maximum atomic E-state index is 10.3. The first-order chi connectivity index (χ1) is 12.8. The van der Waals surface area contributed by atoms with E-state index in [1.807, 2.05) is 30.3 Å². The maximum absolute atomic E-state index is 10.3. The molecule has 3 nitrogen and oxygen atoms in total. The van der Waals surface area contributed by atoms with Gasteiger partial charge in [0, 0.05) is 41.4 Å². The molecule has 0 amide bonds. The van der Waals surface area contributed by atoms with E-state index in [9.17, 15) is 5.11 Å². The van der Waals surface area contributed by atoms with E-state index in [4.69, 9.17) is 0 Å². The van der Waals surface area contributed by atoms with E-state index in [0.29, 0.717) is 6.54 Å². The molecule has 3 heteroatoms. The zero-order valence-corrected chi connectivity index (χ0v) is 15.0. The van der Waals surface area contributed by atoms with Crippen LogP contribution in [0.4, 0.5) is 0 Å². The lowest BCUT2D eigenvalue weighted by Crippen LogP contribution is -2.21. The molecule has 132 valence electrons. The molecule has 0 fully saturated rings. The summed E-state index contributed by atoms with van der Waals surface area (Å²) < 4.78 is 2.36. The molecule has 0 bridgehead atoms. The molecule has 0 saturated carbocycles. The van der Waals surface area contributed by atoms with Gasteiger partial charge >= 0.3 is 0 Å². The molecular formula is C23H24N2O. The van der Waals surface area contributed by atoms with Gasteiger partial charge in [0.2, 0.25) is 0 Å². The fourth-order valence-electron chi connectivity index (χ4n) is 3.70. The highest BCUT2D eigenvalue weighted by Crippen LogP contribution is 2.29. The molecule has 4 aromatic rings. The summed E-state index contributed by atoms with van der Waals surface area (Å²) in [6, 6.07) is 25.0. The Hall–Kier alpha value is -2.62. The van der Waals surface area contributed by atoms with Crippen LogP contribution in [0.1, 0.15) is 24.2 Å². The van der Waals surface area contributed by atoms with E-state index in [0.717, 1.165) is 18.7 Å². The maximum Gasteiger partial charge on any atom is 0.0914 e. The van der Waals surface area contributed by atoms with Crippen molar-refractivity contribution in [1.29, 1.82) is 0 Å². The summed E-state index contributed by atoms with van der Waals surface area (Å²) in [7, 11) is 0. The first-order valence-corrected chi connectivity index (χ1v) is 9.21. The SMILES string of the molecule is CCn1c2ccccc2c2cc(CNC[C@@H](O)c3ccccc3)ccc21. The third-order valence-corrected chi connectivity index (χ3v) is 5.00. The van der Waals surface area contributed by atoms with Gasteiger partial charge in [0.25, 0.3) is 0 Å². The summed E-state index contributed by atoms with van der Waals surface area (Å²) in [4.78, 5) is 0. The van der Waals surface area contributed by atoms with Crippen LogP contribution in [0.5, 0.6) is 0 Å². The summed E-state index contributed by atoms with van der Waals surface area (Å²) in [5.74, 6) is 0. The van der Waals surface area contributed by atoms with Gasteiger partial charge in [-0.15, -0.1) is 0 Å². The normalized spacial score (nSPS) is 12.7. The number of aromatic nitrogens is 1. The third kappa shape index (κ3) is 3.12. The highest BCUT2D eigenvalue weighted by molar-refractivity contribution is 6.08. The van der Waals surface area contributed by atoms with Crippen LogP contribution < -0.4 is 5.32 Å². The Bertz CT molecular complexity index is 1020. The molecule has 0 unspecified atom stereocenters. The fourth-order valence-corrected chi connectivity index (χ4v) is 3.70. The lowest BCUT2D eigenvalue weighted by Gasteiger charge is -2.12. The molecule has 0 spiro atoms. The van der Waals surface area contributed by atoms with E-state index in [1.165, 1.54) is 27.4 Å². The minimum atomic E-state index is -0.484. The average molecular weight is 344 g/mol. The number of aryl methyl sites for hydroxylation is 1. The van der Waals surface area contributed by atoms with E-state index in [2.05, 4.69) is 59.3 Å². The summed E-state index contributed by atoms with van der Waals surface area (Å²) in [6.07, 6.45) is -0.484. The van der Waals surface area contributed by atoms with Gasteiger partial charge in [-0.05, 0) is 36.2 Å². The van der Waals surface area contributed by atoms with Gasteiger partial charge in [0.05, 0.1) is 6.10 Å². The molecule has 0 aliphatic rings. The second-order valence-electron chi connectivity index (χ2n) is 6.67. The molecule has 0 saturated heterocycles. The molecule has 0 aliphatic carbocycles. The Kier molecular flexibility index (Phi) is 4.74. The minimum absolute atomic E-state index is 0.484. The van der Waals surface area contributed by atoms with Gasteiger partial charge < -0.3 is 15.0 Å². The number of nitrogens with zero attached hydrogens (tertiary/aromatic N) is 1. The topological polar surface area (TPSA) is 37.2 Å². The molecule has 1 heterocycles.